The topological polar surface area (TPSA) is 105 Å². The third-order valence-electron chi connectivity index (χ3n) is 4.76. The second-order valence-corrected chi connectivity index (χ2v) is 7.84. The molecule has 8 nitrogen and oxygen atoms in total. The number of hydrogen-bond acceptors (Lipinski definition) is 5. The molecule has 0 aliphatic heterocycles. The largest absolute Gasteiger partial charge is 0.351 e. The van der Waals surface area contributed by atoms with E-state index in [4.69, 9.17) is 0 Å². The lowest BCUT2D eigenvalue weighted by molar-refractivity contribution is -0.121. The zero-order chi connectivity index (χ0) is 23.0. The molecule has 0 aliphatic rings. The molecule has 0 aliphatic carbocycles. The molecule has 0 atom stereocenters. The van der Waals surface area contributed by atoms with E-state index in [-0.39, 0.29) is 18.9 Å². The molecule has 0 saturated carbocycles. The van der Waals surface area contributed by atoms with Gasteiger partial charge in [0.2, 0.25) is 5.91 Å². The number of nitrogens with one attached hydrogen (secondary N) is 3. The predicted octanol–water partition coefficient (Wildman–Crippen LogP) is 3.18. The van der Waals surface area contributed by atoms with Crippen LogP contribution in [-0.4, -0.2) is 34.0 Å². The minimum absolute atomic E-state index is 0.0188. The van der Waals surface area contributed by atoms with Gasteiger partial charge in [0.05, 0.1) is 11.3 Å². The fraction of sp³-hybridized carbons (Fsp3) is 0.0833. The minimum atomic E-state index is -0.494. The Bertz CT molecular complexity index is 1240. The molecule has 3 N–H and O–H groups in total. The monoisotopic (exact) mass is 459 g/mol. The second kappa shape index (κ2) is 10.4. The van der Waals surface area contributed by atoms with Crippen molar-refractivity contribution in [2.24, 2.45) is 0 Å². The van der Waals surface area contributed by atoms with Crippen LogP contribution in [0.2, 0.25) is 0 Å². The van der Waals surface area contributed by atoms with Crippen molar-refractivity contribution >= 4 is 29.1 Å². The summed E-state index contributed by atoms with van der Waals surface area (Å²) in [6.07, 6.45) is 1.64. The number of hydrazine groups is 1. The number of thiophene rings is 1. The molecular weight excluding hydrogens is 438 g/mol. The Morgan fingerprint density at radius 3 is 2.30 bits per heavy atom. The molecule has 9 heteroatoms. The Morgan fingerprint density at radius 2 is 1.61 bits per heavy atom. The van der Waals surface area contributed by atoms with Gasteiger partial charge >= 0.3 is 0 Å². The number of benzene rings is 2. The van der Waals surface area contributed by atoms with E-state index in [2.05, 4.69) is 21.3 Å². The van der Waals surface area contributed by atoms with Gasteiger partial charge in [0, 0.05) is 35.7 Å². The number of nitrogens with zero attached hydrogens (tertiary/aromatic N) is 2. The van der Waals surface area contributed by atoms with Gasteiger partial charge < -0.3 is 5.32 Å². The van der Waals surface area contributed by atoms with Crippen LogP contribution >= 0.6 is 11.3 Å². The molecule has 2 aromatic carbocycles. The number of rotatable bonds is 7. The van der Waals surface area contributed by atoms with Crippen molar-refractivity contribution in [2.75, 3.05) is 6.54 Å². The Kier molecular flexibility index (Phi) is 6.91. The molecule has 0 saturated heterocycles. The summed E-state index contributed by atoms with van der Waals surface area (Å²) in [5, 5.41) is 10.8. The molecule has 2 heterocycles. The lowest BCUT2D eigenvalue weighted by Gasteiger charge is -2.08. The van der Waals surface area contributed by atoms with E-state index >= 15 is 0 Å². The lowest BCUT2D eigenvalue weighted by Crippen LogP contribution is -2.42. The van der Waals surface area contributed by atoms with Gasteiger partial charge in [0.25, 0.3) is 11.8 Å². The van der Waals surface area contributed by atoms with E-state index in [1.807, 2.05) is 60.7 Å². The van der Waals surface area contributed by atoms with Crippen molar-refractivity contribution in [3.8, 4) is 16.9 Å². The highest BCUT2D eigenvalue weighted by Gasteiger charge is 2.19. The lowest BCUT2D eigenvalue weighted by atomic mass is 10.1. The maximum absolute atomic E-state index is 12.9. The average Bonchev–Trinajstić information content (AvgIpc) is 3.54. The van der Waals surface area contributed by atoms with E-state index in [0.717, 1.165) is 11.3 Å². The van der Waals surface area contributed by atoms with E-state index in [1.165, 1.54) is 11.3 Å². The first-order chi connectivity index (χ1) is 16.1. The van der Waals surface area contributed by atoms with Crippen molar-refractivity contribution in [1.82, 2.24) is 25.9 Å². The number of para-hydroxylation sites is 1. The van der Waals surface area contributed by atoms with Crippen LogP contribution in [0.4, 0.5) is 0 Å². The van der Waals surface area contributed by atoms with Gasteiger partial charge in [-0.05, 0) is 23.6 Å². The van der Waals surface area contributed by atoms with E-state index in [1.54, 1.807) is 27.7 Å². The average molecular weight is 460 g/mol. The van der Waals surface area contributed by atoms with Crippen molar-refractivity contribution in [1.29, 1.82) is 0 Å². The zero-order valence-electron chi connectivity index (χ0n) is 17.5. The summed E-state index contributed by atoms with van der Waals surface area (Å²) in [5.41, 5.74) is 7.78. The van der Waals surface area contributed by atoms with Crippen LogP contribution in [0.15, 0.2) is 83.7 Å². The summed E-state index contributed by atoms with van der Waals surface area (Å²) >= 11 is 1.42. The molecule has 0 bridgehead atoms. The first-order valence-corrected chi connectivity index (χ1v) is 11.2. The number of hydrogen-bond donors (Lipinski definition) is 3. The van der Waals surface area contributed by atoms with Gasteiger partial charge in [0.1, 0.15) is 5.69 Å². The summed E-state index contributed by atoms with van der Waals surface area (Å²) in [5.74, 6) is -1.16. The van der Waals surface area contributed by atoms with Gasteiger partial charge in [-0.25, -0.2) is 4.68 Å². The second-order valence-electron chi connectivity index (χ2n) is 7.06. The molecule has 0 unspecified atom stereocenters. The van der Waals surface area contributed by atoms with Gasteiger partial charge in [-0.15, -0.1) is 0 Å². The third-order valence-corrected chi connectivity index (χ3v) is 5.45. The third kappa shape index (κ3) is 5.52. The van der Waals surface area contributed by atoms with Crippen LogP contribution in [0, 0.1) is 0 Å². The van der Waals surface area contributed by atoms with E-state index in [9.17, 15) is 14.4 Å². The van der Waals surface area contributed by atoms with Gasteiger partial charge in [0.15, 0.2) is 0 Å². The molecule has 0 radical (unpaired) electrons. The van der Waals surface area contributed by atoms with E-state index < -0.39 is 11.8 Å². The highest BCUT2D eigenvalue weighted by molar-refractivity contribution is 7.08. The number of amides is 3. The molecule has 2 aromatic heterocycles. The van der Waals surface area contributed by atoms with Gasteiger partial charge in [-0.2, -0.15) is 16.4 Å². The summed E-state index contributed by atoms with van der Waals surface area (Å²) in [6, 6.07) is 20.5. The summed E-state index contributed by atoms with van der Waals surface area (Å²) in [6.45, 7) is 0.150. The van der Waals surface area contributed by atoms with Gasteiger partial charge in [-0.1, -0.05) is 48.5 Å². The quantitative estimate of drug-likeness (QED) is 0.369. The number of carbonyl (C=O) groups excluding carboxylic acids is 3. The van der Waals surface area contributed by atoms with Crippen LogP contribution in [0.25, 0.3) is 16.9 Å². The standard InChI is InChI=1S/C24H21N5O3S/c30-21(11-13-25-23(31)18-12-14-33-16-18)26-27-24(32)20-15-29(19-9-5-2-6-10-19)28-22(20)17-7-3-1-4-8-17/h1-10,12,14-16H,11,13H2,(H,25,31)(H,26,30)(H,27,32). The Morgan fingerprint density at radius 1 is 0.879 bits per heavy atom. The molecule has 0 fully saturated rings. The van der Waals surface area contributed by atoms with Gasteiger partial charge in [-0.3, -0.25) is 25.2 Å². The number of carbonyl (C=O) groups is 3. The zero-order valence-corrected chi connectivity index (χ0v) is 18.3. The summed E-state index contributed by atoms with van der Waals surface area (Å²) in [4.78, 5) is 36.9. The molecule has 166 valence electrons. The van der Waals surface area contributed by atoms with E-state index in [0.29, 0.717) is 16.8 Å². The molecule has 3 amide bonds. The first-order valence-electron chi connectivity index (χ1n) is 10.2. The van der Waals surface area contributed by atoms with Crippen LogP contribution in [0.3, 0.4) is 0 Å². The first kappa shape index (κ1) is 22.0. The maximum Gasteiger partial charge on any atom is 0.273 e. The van der Waals surface area contributed by atoms with Crippen molar-refractivity contribution in [3.05, 3.63) is 94.8 Å². The summed E-state index contributed by atoms with van der Waals surface area (Å²) in [7, 11) is 0. The molecular formula is C24H21N5O3S. The Balaban J connectivity index is 1.40. The van der Waals surface area contributed by atoms with Crippen molar-refractivity contribution in [3.63, 3.8) is 0 Å². The number of aromatic nitrogens is 2. The maximum atomic E-state index is 12.9. The predicted molar refractivity (Wildman–Crippen MR) is 126 cm³/mol. The smallest absolute Gasteiger partial charge is 0.273 e. The fourth-order valence-corrected chi connectivity index (χ4v) is 3.74. The van der Waals surface area contributed by atoms with Crippen LogP contribution < -0.4 is 16.2 Å². The van der Waals surface area contributed by atoms with Crippen LogP contribution in [0.1, 0.15) is 27.1 Å². The molecule has 4 aromatic rings. The van der Waals surface area contributed by atoms with Crippen molar-refractivity contribution in [2.45, 2.75) is 6.42 Å². The SMILES string of the molecule is O=C(CCNC(=O)c1ccsc1)NNC(=O)c1cn(-c2ccccc2)nc1-c1ccccc1. The fourth-order valence-electron chi connectivity index (χ4n) is 3.10. The van der Waals surface area contributed by atoms with Crippen molar-refractivity contribution < 1.29 is 14.4 Å². The highest BCUT2D eigenvalue weighted by atomic mass is 32.1. The Hall–Kier alpha value is -4.24. The summed E-state index contributed by atoms with van der Waals surface area (Å²) < 4.78 is 1.62. The molecule has 0 spiro atoms. The molecule has 4 rings (SSSR count). The Labute approximate surface area is 194 Å². The van der Waals surface area contributed by atoms with Crippen LogP contribution in [-0.2, 0) is 4.79 Å². The van der Waals surface area contributed by atoms with Crippen LogP contribution in [0.5, 0.6) is 0 Å². The minimum Gasteiger partial charge on any atom is -0.351 e. The highest BCUT2D eigenvalue weighted by Crippen LogP contribution is 2.23. The molecule has 33 heavy (non-hydrogen) atoms. The normalized spacial score (nSPS) is 10.4.